The number of hydrogen-bond donors (Lipinski definition) is 2. The minimum absolute atomic E-state index is 0.0303. The number of nitrogens with one attached hydrogen (secondary N) is 1. The number of aliphatic hydroxyl groups excluding tert-OH is 1. The Hall–Kier alpha value is -1.55. The molecule has 20 heavy (non-hydrogen) atoms. The summed E-state index contributed by atoms with van der Waals surface area (Å²) in [4.78, 5) is 12.4. The van der Waals surface area contributed by atoms with Gasteiger partial charge in [0, 0.05) is 0 Å². The van der Waals surface area contributed by atoms with E-state index in [1.807, 2.05) is 38.1 Å². The van der Waals surface area contributed by atoms with Crippen molar-refractivity contribution in [2.75, 3.05) is 13.2 Å². The average Bonchev–Trinajstić information content (AvgIpc) is 2.52. The molecule has 4 heteroatoms. The molecule has 110 valence electrons. The zero-order valence-corrected chi connectivity index (χ0v) is 12.2. The predicted octanol–water partition coefficient (Wildman–Crippen LogP) is 1.90. The summed E-state index contributed by atoms with van der Waals surface area (Å²) in [5, 5.41) is 12.5. The molecule has 1 aliphatic heterocycles. The molecule has 0 spiro atoms. The van der Waals surface area contributed by atoms with Crippen molar-refractivity contribution < 1.29 is 14.6 Å². The van der Waals surface area contributed by atoms with Gasteiger partial charge in [0.15, 0.2) is 0 Å². The first-order valence-electron chi connectivity index (χ1n) is 7.27. The fourth-order valence-corrected chi connectivity index (χ4v) is 2.55. The lowest BCUT2D eigenvalue weighted by Crippen LogP contribution is -2.53. The minimum atomic E-state index is -0.506. The number of aliphatic hydroxyl groups is 1. The molecular weight excluding hydrogens is 254 g/mol. The molecular formula is C16H23NO3. The van der Waals surface area contributed by atoms with Crippen LogP contribution < -0.4 is 10.1 Å². The summed E-state index contributed by atoms with van der Waals surface area (Å²) in [6, 6.07) is 7.82. The number of benzene rings is 1. The van der Waals surface area contributed by atoms with E-state index < -0.39 is 5.54 Å². The van der Waals surface area contributed by atoms with Crippen molar-refractivity contribution in [2.24, 2.45) is 5.92 Å². The molecule has 0 bridgehead atoms. The van der Waals surface area contributed by atoms with Crippen molar-refractivity contribution in [3.63, 3.8) is 0 Å². The molecule has 0 aromatic heterocycles. The summed E-state index contributed by atoms with van der Waals surface area (Å²) in [5.74, 6) is 0.655. The molecule has 1 aromatic rings. The Kier molecular flexibility index (Phi) is 4.65. The lowest BCUT2D eigenvalue weighted by molar-refractivity contribution is -0.129. The Morgan fingerprint density at radius 2 is 2.10 bits per heavy atom. The largest absolute Gasteiger partial charge is 0.492 e. The van der Waals surface area contributed by atoms with Gasteiger partial charge in [0.2, 0.25) is 5.91 Å². The standard InChI is InChI=1S/C16H23NO3/c1-3-16(4-2,11-18)17-15(19)13-9-12-7-5-6-8-14(12)20-10-13/h5-8,13,18H,3-4,9-11H2,1-2H3,(H,17,19). The summed E-state index contributed by atoms with van der Waals surface area (Å²) >= 11 is 0. The molecule has 2 N–H and O–H groups in total. The van der Waals surface area contributed by atoms with Crippen molar-refractivity contribution in [3.05, 3.63) is 29.8 Å². The molecule has 4 nitrogen and oxygen atoms in total. The van der Waals surface area contributed by atoms with E-state index in [1.54, 1.807) is 0 Å². The summed E-state index contributed by atoms with van der Waals surface area (Å²) in [7, 11) is 0. The van der Waals surface area contributed by atoms with Gasteiger partial charge in [-0.25, -0.2) is 0 Å². The van der Waals surface area contributed by atoms with Crippen LogP contribution in [0.15, 0.2) is 24.3 Å². The van der Waals surface area contributed by atoms with E-state index in [0.717, 1.165) is 24.2 Å². The first-order chi connectivity index (χ1) is 9.64. The molecule has 0 fully saturated rings. The number of amides is 1. The first-order valence-corrected chi connectivity index (χ1v) is 7.27. The van der Waals surface area contributed by atoms with Crippen LogP contribution in [0.3, 0.4) is 0 Å². The van der Waals surface area contributed by atoms with Crippen molar-refractivity contribution in [3.8, 4) is 5.75 Å². The van der Waals surface area contributed by atoms with Gasteiger partial charge in [-0.15, -0.1) is 0 Å². The van der Waals surface area contributed by atoms with Gasteiger partial charge in [0.1, 0.15) is 12.4 Å². The van der Waals surface area contributed by atoms with Crippen LogP contribution in [-0.2, 0) is 11.2 Å². The Morgan fingerprint density at radius 3 is 2.75 bits per heavy atom. The number of para-hydroxylation sites is 1. The van der Waals surface area contributed by atoms with Crippen LogP contribution in [0.1, 0.15) is 32.3 Å². The quantitative estimate of drug-likeness (QED) is 0.864. The van der Waals surface area contributed by atoms with E-state index in [-0.39, 0.29) is 18.4 Å². The fraction of sp³-hybridized carbons (Fsp3) is 0.562. The second kappa shape index (κ2) is 6.27. The monoisotopic (exact) mass is 277 g/mol. The molecule has 1 aromatic carbocycles. The van der Waals surface area contributed by atoms with Gasteiger partial charge in [0.05, 0.1) is 18.1 Å². The Morgan fingerprint density at radius 1 is 1.40 bits per heavy atom. The Bertz CT molecular complexity index is 460. The molecule has 0 radical (unpaired) electrons. The van der Waals surface area contributed by atoms with E-state index in [2.05, 4.69) is 5.32 Å². The highest BCUT2D eigenvalue weighted by molar-refractivity contribution is 5.80. The van der Waals surface area contributed by atoms with Gasteiger partial charge in [0.25, 0.3) is 0 Å². The van der Waals surface area contributed by atoms with Crippen molar-refractivity contribution >= 4 is 5.91 Å². The highest BCUT2D eigenvalue weighted by atomic mass is 16.5. The van der Waals surface area contributed by atoms with Crippen LogP contribution in [-0.4, -0.2) is 29.8 Å². The average molecular weight is 277 g/mol. The van der Waals surface area contributed by atoms with E-state index >= 15 is 0 Å². The van der Waals surface area contributed by atoms with Gasteiger partial charge >= 0.3 is 0 Å². The van der Waals surface area contributed by atoms with Gasteiger partial charge < -0.3 is 15.2 Å². The Balaban J connectivity index is 2.05. The summed E-state index contributed by atoms with van der Waals surface area (Å²) in [6.07, 6.45) is 2.13. The number of carbonyl (C=O) groups is 1. The molecule has 1 unspecified atom stereocenters. The SMILES string of the molecule is CCC(CC)(CO)NC(=O)C1COc2ccccc2C1. The molecule has 0 saturated carbocycles. The normalized spacial score (nSPS) is 18.1. The zero-order valence-electron chi connectivity index (χ0n) is 12.2. The van der Waals surface area contributed by atoms with Crippen molar-refractivity contribution in [1.82, 2.24) is 5.32 Å². The molecule has 0 saturated heterocycles. The van der Waals surface area contributed by atoms with Crippen LogP contribution >= 0.6 is 0 Å². The third-order valence-corrected chi connectivity index (χ3v) is 4.29. The van der Waals surface area contributed by atoms with E-state index in [0.29, 0.717) is 13.0 Å². The highest BCUT2D eigenvalue weighted by Gasteiger charge is 2.32. The number of fused-ring (bicyclic) bond motifs is 1. The van der Waals surface area contributed by atoms with Crippen LogP contribution in [0.4, 0.5) is 0 Å². The third kappa shape index (κ3) is 2.96. The Labute approximate surface area is 120 Å². The van der Waals surface area contributed by atoms with Gasteiger partial charge in [-0.2, -0.15) is 0 Å². The van der Waals surface area contributed by atoms with E-state index in [9.17, 15) is 9.90 Å². The maximum atomic E-state index is 12.4. The third-order valence-electron chi connectivity index (χ3n) is 4.29. The lowest BCUT2D eigenvalue weighted by atomic mass is 9.90. The molecule has 1 amide bonds. The lowest BCUT2D eigenvalue weighted by Gasteiger charge is -2.33. The summed E-state index contributed by atoms with van der Waals surface area (Å²) in [5.41, 5.74) is 0.565. The fourth-order valence-electron chi connectivity index (χ4n) is 2.55. The second-order valence-corrected chi connectivity index (χ2v) is 5.45. The smallest absolute Gasteiger partial charge is 0.227 e. The predicted molar refractivity (Wildman–Crippen MR) is 77.7 cm³/mol. The first kappa shape index (κ1) is 14.9. The molecule has 1 aliphatic rings. The summed E-state index contributed by atoms with van der Waals surface area (Å²) in [6.45, 7) is 4.33. The van der Waals surface area contributed by atoms with Crippen LogP contribution in [0.2, 0.25) is 0 Å². The van der Waals surface area contributed by atoms with Crippen LogP contribution in [0, 0.1) is 5.92 Å². The number of hydrogen-bond acceptors (Lipinski definition) is 3. The van der Waals surface area contributed by atoms with E-state index in [1.165, 1.54) is 0 Å². The second-order valence-electron chi connectivity index (χ2n) is 5.45. The van der Waals surface area contributed by atoms with Crippen molar-refractivity contribution in [2.45, 2.75) is 38.6 Å². The van der Waals surface area contributed by atoms with E-state index in [4.69, 9.17) is 4.74 Å². The summed E-state index contributed by atoms with van der Waals surface area (Å²) < 4.78 is 5.65. The van der Waals surface area contributed by atoms with Gasteiger partial charge in [-0.3, -0.25) is 4.79 Å². The number of ether oxygens (including phenoxy) is 1. The van der Waals surface area contributed by atoms with Crippen LogP contribution in [0.5, 0.6) is 5.75 Å². The minimum Gasteiger partial charge on any atom is -0.492 e. The van der Waals surface area contributed by atoms with Gasteiger partial charge in [-0.05, 0) is 30.9 Å². The van der Waals surface area contributed by atoms with Crippen molar-refractivity contribution in [1.29, 1.82) is 0 Å². The number of carbonyl (C=O) groups excluding carboxylic acids is 1. The molecule has 0 aliphatic carbocycles. The molecule has 2 rings (SSSR count). The molecule has 1 atom stereocenters. The topological polar surface area (TPSA) is 58.6 Å². The van der Waals surface area contributed by atoms with Gasteiger partial charge in [-0.1, -0.05) is 32.0 Å². The van der Waals surface area contributed by atoms with Crippen LogP contribution in [0.25, 0.3) is 0 Å². The highest BCUT2D eigenvalue weighted by Crippen LogP contribution is 2.27. The maximum Gasteiger partial charge on any atom is 0.227 e. The zero-order chi connectivity index (χ0) is 14.6. The molecule has 1 heterocycles. The number of rotatable bonds is 5. The maximum absolute atomic E-state index is 12.4.